The molecule has 3 aromatic heterocycles. The number of amides is 2. The van der Waals surface area contributed by atoms with Crippen molar-refractivity contribution in [1.29, 1.82) is 5.26 Å². The summed E-state index contributed by atoms with van der Waals surface area (Å²) in [6.45, 7) is 3.45. The zero-order valence-corrected chi connectivity index (χ0v) is 27.1. The van der Waals surface area contributed by atoms with E-state index >= 15 is 0 Å². The van der Waals surface area contributed by atoms with Gasteiger partial charge in [0.25, 0.3) is 5.82 Å². The number of nitrogens with one attached hydrogen (secondary N) is 2. The summed E-state index contributed by atoms with van der Waals surface area (Å²) in [6, 6.07) is 15.5. The third-order valence-corrected chi connectivity index (χ3v) is 8.93. The van der Waals surface area contributed by atoms with Gasteiger partial charge in [-0.15, -0.1) is 4.98 Å². The molecule has 2 amide bonds. The number of pyridine rings is 1. The number of hydrogen-bond donors (Lipinski definition) is 2. The van der Waals surface area contributed by atoms with Gasteiger partial charge in [0.15, 0.2) is 5.82 Å². The number of alkyl halides is 2. The van der Waals surface area contributed by atoms with E-state index in [0.29, 0.717) is 30.7 Å². The lowest BCUT2D eigenvalue weighted by atomic mass is 10.0. The summed E-state index contributed by atoms with van der Waals surface area (Å²) in [5.74, 6) is 1.06. The van der Waals surface area contributed by atoms with Gasteiger partial charge in [-0.1, -0.05) is 43.7 Å². The van der Waals surface area contributed by atoms with Crippen LogP contribution in [0.25, 0.3) is 11.1 Å². The van der Waals surface area contributed by atoms with Crippen molar-refractivity contribution in [1.82, 2.24) is 30.0 Å². The summed E-state index contributed by atoms with van der Waals surface area (Å²) < 4.78 is 29.5. The maximum atomic E-state index is 13.8. The van der Waals surface area contributed by atoms with E-state index in [1.165, 1.54) is 6.20 Å². The van der Waals surface area contributed by atoms with Crippen LogP contribution in [0.5, 0.6) is 0 Å². The average Bonchev–Trinajstić information content (AvgIpc) is 3.53. The highest BCUT2D eigenvalue weighted by Gasteiger charge is 2.50. The molecule has 2 atom stereocenters. The molecule has 0 spiro atoms. The third-order valence-electron chi connectivity index (χ3n) is 8.93. The second kappa shape index (κ2) is 14.7. The zero-order valence-electron chi connectivity index (χ0n) is 27.1. The van der Waals surface area contributed by atoms with E-state index in [-0.39, 0.29) is 36.5 Å². The monoisotopic (exact) mass is 653 g/mol. The van der Waals surface area contributed by atoms with Crippen LogP contribution >= 0.6 is 0 Å². The molecule has 2 unspecified atom stereocenters. The van der Waals surface area contributed by atoms with Crippen LogP contribution in [0.15, 0.2) is 67.3 Å². The van der Waals surface area contributed by atoms with Crippen LogP contribution < -0.4 is 15.5 Å². The molecule has 2 fully saturated rings. The first kappa shape index (κ1) is 32.7. The normalized spacial score (nSPS) is 18.3. The van der Waals surface area contributed by atoms with Gasteiger partial charge in [0.05, 0.1) is 30.6 Å². The van der Waals surface area contributed by atoms with Crippen LogP contribution in [0.4, 0.5) is 31.2 Å². The summed E-state index contributed by atoms with van der Waals surface area (Å²) >= 11 is 0. The first-order chi connectivity index (χ1) is 23.4. The van der Waals surface area contributed by atoms with Gasteiger partial charge in [-0.3, -0.25) is 10.00 Å². The molecule has 2 aliphatic rings. The minimum Gasteiger partial charge on any atom is -0.354 e. The number of nitrogens with zero attached hydrogens (tertiary/aromatic N) is 8. The quantitative estimate of drug-likeness (QED) is 0.137. The van der Waals surface area contributed by atoms with E-state index in [4.69, 9.17) is 4.98 Å². The average molecular weight is 654 g/mol. The second-order valence-electron chi connectivity index (χ2n) is 12.3. The van der Waals surface area contributed by atoms with E-state index in [2.05, 4.69) is 38.7 Å². The topological polar surface area (TPSA) is 128 Å². The van der Waals surface area contributed by atoms with Crippen LogP contribution in [0.1, 0.15) is 43.7 Å². The van der Waals surface area contributed by atoms with E-state index < -0.39 is 12.3 Å². The minimum atomic E-state index is -2.39. The lowest BCUT2D eigenvalue weighted by Crippen LogP contribution is -2.50. The summed E-state index contributed by atoms with van der Waals surface area (Å²) in [6.07, 6.45) is 8.11. The van der Waals surface area contributed by atoms with Gasteiger partial charge in [-0.05, 0) is 30.9 Å². The number of anilines is 2. The van der Waals surface area contributed by atoms with E-state index in [0.717, 1.165) is 48.1 Å². The molecule has 1 saturated heterocycles. The van der Waals surface area contributed by atoms with Crippen molar-refractivity contribution in [2.75, 3.05) is 29.9 Å². The number of benzene rings is 1. The molecule has 4 heterocycles. The van der Waals surface area contributed by atoms with Crippen molar-refractivity contribution in [3.8, 4) is 17.2 Å². The summed E-state index contributed by atoms with van der Waals surface area (Å²) in [4.78, 5) is 29.0. The Morgan fingerprint density at radius 3 is 2.52 bits per heavy atom. The van der Waals surface area contributed by atoms with E-state index in [1.807, 2.05) is 55.7 Å². The summed E-state index contributed by atoms with van der Waals surface area (Å²) in [5, 5.41) is 20.1. The lowest BCUT2D eigenvalue weighted by molar-refractivity contribution is -0.337. The Labute approximate surface area is 278 Å². The van der Waals surface area contributed by atoms with Crippen molar-refractivity contribution in [2.45, 2.75) is 45.6 Å². The maximum Gasteiger partial charge on any atom is 0.441 e. The van der Waals surface area contributed by atoms with Crippen LogP contribution in [-0.4, -0.2) is 67.1 Å². The van der Waals surface area contributed by atoms with Crippen molar-refractivity contribution in [3.63, 3.8) is 0 Å². The molecule has 1 aromatic carbocycles. The van der Waals surface area contributed by atoms with Crippen LogP contribution in [0.2, 0.25) is 0 Å². The number of rotatable bonds is 13. The number of carbonyl (C=O) groups is 1. The standard InChI is InChI=1S/C35H38F2N10O/c1-3-8-28-29(11-7-14-39-34-41-18-25(15-38)33(44-34)46-21-27(22-46)32(36)37)31(28)47(35(48)42-16-23-9-5-4-6-10-23)30-13-12-24(17-40-30)26-19-43-45(2)20-26/h4-6,9-10,12-13,17-20,27-29,32H,3,7-8,11,14,16,21-22H2,1-2H3,(H-,39,41,42,44,48)/p+1. The van der Waals surface area contributed by atoms with Crippen LogP contribution in [0, 0.1) is 29.1 Å². The Kier molecular flexibility index (Phi) is 9.99. The summed E-state index contributed by atoms with van der Waals surface area (Å²) in [7, 11) is 1.87. The number of nitriles is 1. The number of hydrogen-bond acceptors (Lipinski definition) is 8. The Morgan fingerprint density at radius 2 is 1.85 bits per heavy atom. The van der Waals surface area contributed by atoms with Gasteiger partial charge in [0.1, 0.15) is 17.8 Å². The Morgan fingerprint density at radius 1 is 1.06 bits per heavy atom. The van der Waals surface area contributed by atoms with Gasteiger partial charge in [0.2, 0.25) is 12.4 Å². The molecule has 6 rings (SSSR count). The van der Waals surface area contributed by atoms with Crippen molar-refractivity contribution in [3.05, 3.63) is 78.4 Å². The molecular formula is C35H39F2N10O+. The molecular weight excluding hydrogens is 614 g/mol. The highest BCUT2D eigenvalue weighted by molar-refractivity contribution is 6.03. The predicted octanol–water partition coefficient (Wildman–Crippen LogP) is 5.78. The maximum absolute atomic E-state index is 13.8. The molecule has 0 bridgehead atoms. The van der Waals surface area contributed by atoms with Crippen molar-refractivity contribution < 1.29 is 18.2 Å². The third kappa shape index (κ3) is 7.33. The Balaban J connectivity index is 1.16. The number of urea groups is 1. The van der Waals surface area contributed by atoms with Crippen molar-refractivity contribution >= 4 is 29.3 Å². The fourth-order valence-electron chi connectivity index (χ4n) is 6.31. The molecule has 13 heteroatoms. The van der Waals surface area contributed by atoms with E-state index in [1.54, 1.807) is 26.6 Å². The molecule has 11 nitrogen and oxygen atoms in total. The molecule has 1 saturated carbocycles. The largest absolute Gasteiger partial charge is 0.441 e. The smallest absolute Gasteiger partial charge is 0.354 e. The molecule has 4 aromatic rings. The SMILES string of the molecule is CCCC1C(=[N+](C(=O)NCc2ccccc2)c2ccc(-c3cnn(C)c3)cn2)C1CCCNc1ncc(C#N)c(N2CC(C(F)F)C2)n1. The fraction of sp³-hybridized carbons (Fsp3) is 0.400. The fourth-order valence-corrected chi connectivity index (χ4v) is 6.31. The van der Waals surface area contributed by atoms with Gasteiger partial charge in [0, 0.05) is 61.9 Å². The van der Waals surface area contributed by atoms with E-state index in [9.17, 15) is 18.8 Å². The lowest BCUT2D eigenvalue weighted by Gasteiger charge is -2.39. The zero-order chi connectivity index (χ0) is 33.6. The van der Waals surface area contributed by atoms with Gasteiger partial charge in [-0.25, -0.2) is 18.6 Å². The number of carbonyl (C=O) groups excluding carboxylic acids is 1. The van der Waals surface area contributed by atoms with Crippen LogP contribution in [-0.2, 0) is 13.6 Å². The molecule has 1 aliphatic heterocycles. The first-order valence-electron chi connectivity index (χ1n) is 16.3. The molecule has 248 valence electrons. The first-order valence-corrected chi connectivity index (χ1v) is 16.3. The Hall–Kier alpha value is -5.25. The van der Waals surface area contributed by atoms with Gasteiger partial charge in [-0.2, -0.15) is 19.9 Å². The minimum absolute atomic E-state index is 0.165. The Bertz CT molecular complexity index is 1800. The molecule has 48 heavy (non-hydrogen) atoms. The highest BCUT2D eigenvalue weighted by Crippen LogP contribution is 2.43. The summed E-state index contributed by atoms with van der Waals surface area (Å²) in [5.41, 5.74) is 4.20. The molecule has 0 radical (unpaired) electrons. The predicted molar refractivity (Wildman–Crippen MR) is 178 cm³/mol. The number of aromatic nitrogens is 5. The number of aryl methyl sites for hydroxylation is 1. The van der Waals surface area contributed by atoms with Crippen molar-refractivity contribution in [2.24, 2.45) is 24.8 Å². The van der Waals surface area contributed by atoms with Gasteiger partial charge < -0.3 is 10.2 Å². The number of halogens is 2. The second-order valence-corrected chi connectivity index (χ2v) is 12.3. The van der Waals surface area contributed by atoms with Crippen LogP contribution in [0.3, 0.4) is 0 Å². The highest BCUT2D eigenvalue weighted by atomic mass is 19.3. The molecule has 1 aliphatic carbocycles. The van der Waals surface area contributed by atoms with Gasteiger partial charge >= 0.3 is 6.03 Å². The molecule has 2 N–H and O–H groups in total.